The Hall–Kier alpha value is -4.08. The normalized spacial score (nSPS) is 14.3. The number of hydrogen-bond donors (Lipinski definition) is 2. The molecule has 0 saturated heterocycles. The number of nitrogens with two attached hydrogens (primary N) is 1. The third-order valence-electron chi connectivity index (χ3n) is 5.48. The number of aromatic nitrogens is 4. The van der Waals surface area contributed by atoms with Crippen molar-refractivity contribution in [3.63, 3.8) is 0 Å². The quantitative estimate of drug-likeness (QED) is 0.369. The molecule has 0 bridgehead atoms. The molecule has 11 nitrogen and oxygen atoms in total. The second-order valence-corrected chi connectivity index (χ2v) is 9.76. The van der Waals surface area contributed by atoms with Crippen LogP contribution < -0.4 is 19.9 Å². The Labute approximate surface area is 201 Å². The molecule has 0 radical (unpaired) electrons. The van der Waals surface area contributed by atoms with Gasteiger partial charge in [-0.15, -0.1) is 0 Å². The summed E-state index contributed by atoms with van der Waals surface area (Å²) in [5.41, 5.74) is 7.07. The Kier molecular flexibility index (Phi) is 5.58. The molecule has 4 aromatic rings. The van der Waals surface area contributed by atoms with Gasteiger partial charge in [-0.3, -0.25) is 9.40 Å². The maximum Gasteiger partial charge on any atom is 0.266 e. The zero-order valence-corrected chi connectivity index (χ0v) is 19.8. The van der Waals surface area contributed by atoms with Gasteiger partial charge in [0.1, 0.15) is 16.0 Å². The van der Waals surface area contributed by atoms with Crippen molar-refractivity contribution < 1.29 is 22.4 Å². The molecule has 180 valence electrons. The highest BCUT2D eigenvalue weighted by Crippen LogP contribution is 2.34. The molecule has 3 aromatic heterocycles. The van der Waals surface area contributed by atoms with E-state index in [9.17, 15) is 8.42 Å². The average Bonchev–Trinajstić information content (AvgIpc) is 3.19. The Morgan fingerprint density at radius 2 is 2.09 bits per heavy atom. The predicted octanol–water partition coefficient (Wildman–Crippen LogP) is 2.13. The van der Waals surface area contributed by atoms with Gasteiger partial charge in [-0.25, -0.2) is 13.4 Å². The van der Waals surface area contributed by atoms with Crippen molar-refractivity contribution in [3.05, 3.63) is 54.0 Å². The van der Waals surface area contributed by atoms with Crippen molar-refractivity contribution in [1.82, 2.24) is 19.9 Å². The van der Waals surface area contributed by atoms with E-state index in [4.69, 9.17) is 19.7 Å². The number of benzene rings is 1. The summed E-state index contributed by atoms with van der Waals surface area (Å²) >= 11 is 0. The number of methoxy groups -OCH3 is 2. The van der Waals surface area contributed by atoms with E-state index in [0.717, 1.165) is 12.8 Å². The summed E-state index contributed by atoms with van der Waals surface area (Å²) in [6, 6.07) is 8.02. The number of anilines is 1. The van der Waals surface area contributed by atoms with E-state index < -0.39 is 15.6 Å². The molecule has 35 heavy (non-hydrogen) atoms. The minimum atomic E-state index is -4.11. The van der Waals surface area contributed by atoms with Gasteiger partial charge in [0.05, 0.1) is 32.0 Å². The molecular weight excluding hydrogens is 472 g/mol. The third kappa shape index (κ3) is 4.64. The number of sulfonamides is 1. The maximum atomic E-state index is 13.2. The number of nitrogens with zero attached hydrogens (tertiary/aromatic N) is 4. The molecule has 0 aliphatic heterocycles. The molecule has 0 atom stereocenters. The summed E-state index contributed by atoms with van der Waals surface area (Å²) in [6.07, 6.45) is 5.15. The maximum absolute atomic E-state index is 13.2. The van der Waals surface area contributed by atoms with Gasteiger partial charge in [0, 0.05) is 24.0 Å². The second-order valence-electron chi connectivity index (χ2n) is 8.11. The van der Waals surface area contributed by atoms with Crippen LogP contribution in [0.1, 0.15) is 24.1 Å². The van der Waals surface area contributed by atoms with Gasteiger partial charge >= 0.3 is 0 Å². The molecule has 5 rings (SSSR count). The highest BCUT2D eigenvalue weighted by atomic mass is 32.2. The summed E-state index contributed by atoms with van der Waals surface area (Å²) in [6.45, 7) is 0.374. The van der Waals surface area contributed by atoms with Crippen LogP contribution >= 0.6 is 0 Å². The SMILES string of the molecule is COc1cc(C#CC2(N)CC2)ccc1S(=O)(=O)Nc1noc2cc(Cn3cccn3)nc(OC)c12. The van der Waals surface area contributed by atoms with Crippen LogP contribution in [-0.4, -0.2) is 48.1 Å². The molecular formula is C23H22N6O5S. The van der Waals surface area contributed by atoms with Gasteiger partial charge in [-0.1, -0.05) is 17.0 Å². The molecule has 3 N–H and O–H groups in total. The third-order valence-corrected chi connectivity index (χ3v) is 6.86. The second kappa shape index (κ2) is 8.61. The predicted molar refractivity (Wildman–Crippen MR) is 127 cm³/mol. The summed E-state index contributed by atoms with van der Waals surface area (Å²) in [5, 5.41) is 8.35. The molecule has 1 saturated carbocycles. The lowest BCUT2D eigenvalue weighted by Crippen LogP contribution is -2.18. The van der Waals surface area contributed by atoms with Crippen molar-refractivity contribution in [2.45, 2.75) is 29.8 Å². The first kappa shape index (κ1) is 22.7. The molecule has 1 fully saturated rings. The number of nitrogens with one attached hydrogen (secondary N) is 1. The van der Waals surface area contributed by atoms with E-state index in [0.29, 0.717) is 28.8 Å². The van der Waals surface area contributed by atoms with Crippen LogP contribution in [0.4, 0.5) is 5.82 Å². The molecule has 0 spiro atoms. The van der Waals surface area contributed by atoms with Crippen LogP contribution in [-0.2, 0) is 16.6 Å². The van der Waals surface area contributed by atoms with Crippen LogP contribution in [0.25, 0.3) is 11.0 Å². The molecule has 1 aromatic carbocycles. The van der Waals surface area contributed by atoms with E-state index in [1.807, 2.05) is 0 Å². The summed E-state index contributed by atoms with van der Waals surface area (Å²) in [5.74, 6) is 6.22. The van der Waals surface area contributed by atoms with Gasteiger partial charge in [0.15, 0.2) is 11.4 Å². The molecule has 12 heteroatoms. The minimum Gasteiger partial charge on any atom is -0.495 e. The fourth-order valence-electron chi connectivity index (χ4n) is 3.44. The van der Waals surface area contributed by atoms with Crippen LogP contribution in [0.15, 0.2) is 52.1 Å². The fraction of sp³-hybridized carbons (Fsp3) is 0.261. The number of pyridine rings is 1. The van der Waals surface area contributed by atoms with Crippen molar-refractivity contribution in [2.24, 2.45) is 5.73 Å². The van der Waals surface area contributed by atoms with E-state index in [2.05, 4.69) is 31.8 Å². The number of rotatable bonds is 7. The Balaban J connectivity index is 1.46. The van der Waals surface area contributed by atoms with Crippen molar-refractivity contribution in [3.8, 4) is 23.5 Å². The smallest absolute Gasteiger partial charge is 0.266 e. The van der Waals surface area contributed by atoms with Crippen LogP contribution in [0.2, 0.25) is 0 Å². The monoisotopic (exact) mass is 494 g/mol. The van der Waals surface area contributed by atoms with Crippen LogP contribution in [0, 0.1) is 11.8 Å². The molecule has 0 unspecified atom stereocenters. The van der Waals surface area contributed by atoms with Crippen molar-refractivity contribution in [1.29, 1.82) is 0 Å². The fourth-order valence-corrected chi connectivity index (χ4v) is 4.60. The zero-order chi connectivity index (χ0) is 24.6. The van der Waals surface area contributed by atoms with Gasteiger partial charge in [-0.2, -0.15) is 5.10 Å². The van der Waals surface area contributed by atoms with Gasteiger partial charge in [0.25, 0.3) is 10.0 Å². The molecule has 1 aliphatic rings. The van der Waals surface area contributed by atoms with Gasteiger partial charge in [-0.05, 0) is 37.1 Å². The van der Waals surface area contributed by atoms with Gasteiger partial charge in [0.2, 0.25) is 5.88 Å². The van der Waals surface area contributed by atoms with Crippen LogP contribution in [0.3, 0.4) is 0 Å². The minimum absolute atomic E-state index is 0.0558. The van der Waals surface area contributed by atoms with E-state index in [1.165, 1.54) is 20.3 Å². The summed E-state index contributed by atoms with van der Waals surface area (Å²) < 4.78 is 46.7. The highest BCUT2D eigenvalue weighted by Gasteiger charge is 2.36. The van der Waals surface area contributed by atoms with Crippen molar-refractivity contribution in [2.75, 3.05) is 18.9 Å². The molecule has 0 amide bonds. The number of fused-ring (bicyclic) bond motifs is 1. The van der Waals surface area contributed by atoms with E-state index >= 15 is 0 Å². The van der Waals surface area contributed by atoms with E-state index in [1.54, 1.807) is 41.3 Å². The topological polar surface area (TPSA) is 147 Å². The van der Waals surface area contributed by atoms with Crippen molar-refractivity contribution >= 4 is 26.8 Å². The largest absolute Gasteiger partial charge is 0.495 e. The highest BCUT2D eigenvalue weighted by molar-refractivity contribution is 7.92. The summed E-state index contributed by atoms with van der Waals surface area (Å²) in [4.78, 5) is 4.37. The van der Waals surface area contributed by atoms with E-state index in [-0.39, 0.29) is 22.3 Å². The lowest BCUT2D eigenvalue weighted by molar-refractivity contribution is 0.400. The Morgan fingerprint density at radius 3 is 2.77 bits per heavy atom. The first-order chi connectivity index (χ1) is 16.8. The molecule has 3 heterocycles. The number of ether oxygens (including phenoxy) is 2. The lowest BCUT2D eigenvalue weighted by atomic mass is 10.2. The summed E-state index contributed by atoms with van der Waals surface area (Å²) in [7, 11) is -1.29. The first-order valence-electron chi connectivity index (χ1n) is 10.6. The standard InChI is InChI=1S/C23H22N6O5S/c1-32-17-12-15(6-7-23(24)8-9-23)4-5-19(17)35(30,31)28-21-20-18(34-27-21)13-16(26-22(20)33-2)14-29-11-3-10-25-29/h3-5,10-13H,8-9,14,24H2,1-2H3,(H,27,28). The number of hydrogen-bond acceptors (Lipinski definition) is 9. The Morgan fingerprint density at radius 1 is 1.26 bits per heavy atom. The molecule has 1 aliphatic carbocycles. The van der Waals surface area contributed by atoms with Crippen LogP contribution in [0.5, 0.6) is 11.6 Å². The first-order valence-corrected chi connectivity index (χ1v) is 12.1. The Bertz CT molecular complexity index is 1560. The lowest BCUT2D eigenvalue weighted by Gasteiger charge is -2.11. The zero-order valence-electron chi connectivity index (χ0n) is 19.0. The van der Waals surface area contributed by atoms with Gasteiger partial charge < -0.3 is 19.7 Å². The average molecular weight is 495 g/mol.